The largest absolute Gasteiger partial charge is 0.493 e. The number of primary amides is 1. The van der Waals surface area contributed by atoms with E-state index in [1.54, 1.807) is 17.9 Å². The number of nitrogens with zero attached hydrogens (tertiary/aromatic N) is 3. The molecule has 2 heterocycles. The topological polar surface area (TPSA) is 125 Å². The highest BCUT2D eigenvalue weighted by molar-refractivity contribution is 5.82. The summed E-state index contributed by atoms with van der Waals surface area (Å²) < 4.78 is 12.7. The fourth-order valence-corrected chi connectivity index (χ4v) is 3.35. The third kappa shape index (κ3) is 3.65. The number of ether oxygens (including phenoxy) is 2. The summed E-state index contributed by atoms with van der Waals surface area (Å²) in [4.78, 5) is 16.7. The van der Waals surface area contributed by atoms with Crippen LogP contribution >= 0.6 is 0 Å². The molecule has 0 radical (unpaired) electrons. The molecule has 0 unspecified atom stereocenters. The maximum absolute atomic E-state index is 12.2. The second-order valence-electron chi connectivity index (χ2n) is 6.44. The Labute approximate surface area is 163 Å². The van der Waals surface area contributed by atoms with Gasteiger partial charge in [-0.25, -0.2) is 4.68 Å². The van der Waals surface area contributed by atoms with E-state index in [-0.39, 0.29) is 6.61 Å². The first kappa shape index (κ1) is 19.7. The number of methoxy groups -OCH3 is 1. The highest BCUT2D eigenvalue weighted by Gasteiger charge is 2.39. The first-order chi connectivity index (χ1) is 13.5. The van der Waals surface area contributed by atoms with Crippen LogP contribution in [0, 0.1) is 5.92 Å². The van der Waals surface area contributed by atoms with Crippen molar-refractivity contribution in [2.45, 2.75) is 25.8 Å². The molecule has 1 aliphatic rings. The van der Waals surface area contributed by atoms with Gasteiger partial charge in [0.05, 0.1) is 19.8 Å². The molecule has 0 aliphatic carbocycles. The van der Waals surface area contributed by atoms with Gasteiger partial charge in [-0.2, -0.15) is 10.1 Å². The molecule has 0 saturated heterocycles. The van der Waals surface area contributed by atoms with Gasteiger partial charge in [-0.15, -0.1) is 0 Å². The van der Waals surface area contributed by atoms with Crippen molar-refractivity contribution in [1.82, 2.24) is 14.8 Å². The van der Waals surface area contributed by atoms with E-state index < -0.39 is 17.9 Å². The number of carbonyl (C=O) groups is 1. The van der Waals surface area contributed by atoms with Gasteiger partial charge >= 0.3 is 0 Å². The van der Waals surface area contributed by atoms with Gasteiger partial charge in [0.25, 0.3) is 0 Å². The van der Waals surface area contributed by atoms with E-state index in [4.69, 9.17) is 20.3 Å². The molecule has 2 atom stereocenters. The Morgan fingerprint density at radius 1 is 1.43 bits per heavy atom. The Morgan fingerprint density at radius 2 is 2.21 bits per heavy atom. The fourth-order valence-electron chi connectivity index (χ4n) is 3.35. The van der Waals surface area contributed by atoms with Crippen molar-refractivity contribution in [2.75, 3.05) is 25.6 Å². The summed E-state index contributed by atoms with van der Waals surface area (Å²) in [6, 6.07) is 4.93. The minimum absolute atomic E-state index is 0.0490. The van der Waals surface area contributed by atoms with E-state index in [9.17, 15) is 4.79 Å². The lowest BCUT2D eigenvalue weighted by Gasteiger charge is -2.33. The smallest absolute Gasteiger partial charge is 0.229 e. The van der Waals surface area contributed by atoms with Crippen LogP contribution in [0.2, 0.25) is 0 Å². The number of hydrogen-bond donors (Lipinski definition) is 3. The van der Waals surface area contributed by atoms with E-state index in [1.807, 2.05) is 19.1 Å². The monoisotopic (exact) mass is 387 g/mol. The normalized spacial score (nSPS) is 18.3. The number of carbonyl (C=O) groups excluding carboxylic acids is 1. The summed E-state index contributed by atoms with van der Waals surface area (Å²) in [5, 5.41) is 16.6. The van der Waals surface area contributed by atoms with Gasteiger partial charge in [-0.3, -0.25) is 4.79 Å². The molecule has 1 aromatic carbocycles. The number of fused-ring (bicyclic) bond motifs is 1. The zero-order valence-corrected chi connectivity index (χ0v) is 16.0. The number of amides is 1. The predicted octanol–water partition coefficient (Wildman–Crippen LogP) is 1.24. The number of nitrogens with one attached hydrogen (secondary N) is 1. The summed E-state index contributed by atoms with van der Waals surface area (Å²) >= 11 is 0. The number of aliphatic hydroxyl groups excluding tert-OH is 1. The highest BCUT2D eigenvalue weighted by atomic mass is 16.5. The van der Waals surface area contributed by atoms with Crippen molar-refractivity contribution in [2.24, 2.45) is 11.7 Å². The summed E-state index contributed by atoms with van der Waals surface area (Å²) in [5.74, 6) is 0.968. The molecule has 3 rings (SSSR count). The Bertz CT molecular complexity index is 879. The average Bonchev–Trinajstić information content (AvgIpc) is 3.07. The molecule has 0 saturated carbocycles. The summed E-state index contributed by atoms with van der Waals surface area (Å²) in [6.07, 6.45) is 1.07. The van der Waals surface area contributed by atoms with Crippen molar-refractivity contribution in [3.63, 3.8) is 0 Å². The number of aromatic nitrogens is 3. The molecule has 0 bridgehead atoms. The zero-order valence-electron chi connectivity index (χ0n) is 16.0. The predicted molar refractivity (Wildman–Crippen MR) is 103 cm³/mol. The van der Waals surface area contributed by atoms with Crippen molar-refractivity contribution in [1.29, 1.82) is 0 Å². The molecular weight excluding hydrogens is 362 g/mol. The highest BCUT2D eigenvalue weighted by Crippen LogP contribution is 2.40. The minimum Gasteiger partial charge on any atom is -0.493 e. The SMILES string of the molecule is C=C1Nc2nc(CCCO)nn2[C@@H](c2ccc(OCC)c(OC)c2)[C@@H]1C(N)=O. The summed E-state index contributed by atoms with van der Waals surface area (Å²) in [6.45, 7) is 6.41. The second kappa shape index (κ2) is 8.30. The number of benzene rings is 1. The third-order valence-corrected chi connectivity index (χ3v) is 4.60. The lowest BCUT2D eigenvalue weighted by molar-refractivity contribution is -0.121. The number of nitrogens with two attached hydrogens (primary N) is 1. The Morgan fingerprint density at radius 3 is 2.86 bits per heavy atom. The quantitative estimate of drug-likeness (QED) is 0.622. The zero-order chi connectivity index (χ0) is 20.3. The van der Waals surface area contributed by atoms with E-state index in [2.05, 4.69) is 22.0 Å². The lowest BCUT2D eigenvalue weighted by atomic mass is 9.88. The van der Waals surface area contributed by atoms with Gasteiger partial charge in [0.15, 0.2) is 17.3 Å². The molecule has 4 N–H and O–H groups in total. The van der Waals surface area contributed by atoms with Crippen molar-refractivity contribution in [3.05, 3.63) is 41.9 Å². The maximum atomic E-state index is 12.2. The summed E-state index contributed by atoms with van der Waals surface area (Å²) in [7, 11) is 1.56. The van der Waals surface area contributed by atoms with E-state index in [1.165, 1.54) is 0 Å². The fraction of sp³-hybridized carbons (Fsp3) is 0.421. The number of rotatable bonds is 8. The standard InChI is InChI=1S/C19H25N5O4/c1-4-28-13-8-7-12(10-14(13)27-3)17-16(18(20)26)11(2)21-19-22-15(6-5-9-25)23-24(17)19/h7-8,10,16-17,25H,2,4-6,9H2,1,3H3,(H2,20,26)(H,21,22,23)/t16-,17+/m1/s1. The van der Waals surface area contributed by atoms with Crippen molar-refractivity contribution in [3.8, 4) is 11.5 Å². The second-order valence-corrected chi connectivity index (χ2v) is 6.44. The van der Waals surface area contributed by atoms with Crippen LogP contribution < -0.4 is 20.5 Å². The first-order valence-electron chi connectivity index (χ1n) is 9.12. The van der Waals surface area contributed by atoms with Gasteiger partial charge < -0.3 is 25.6 Å². The van der Waals surface area contributed by atoms with E-state index in [0.717, 1.165) is 5.56 Å². The van der Waals surface area contributed by atoms with Crippen LogP contribution in [0.5, 0.6) is 11.5 Å². The molecule has 1 aromatic heterocycles. The number of aliphatic hydroxyl groups is 1. The molecule has 1 aliphatic heterocycles. The molecule has 150 valence electrons. The Hall–Kier alpha value is -3.07. The van der Waals surface area contributed by atoms with Crippen LogP contribution in [0.4, 0.5) is 5.95 Å². The molecule has 0 spiro atoms. The number of anilines is 1. The Balaban J connectivity index is 2.09. The van der Waals surface area contributed by atoms with E-state index >= 15 is 0 Å². The third-order valence-electron chi connectivity index (χ3n) is 4.60. The number of aryl methyl sites for hydroxylation is 1. The van der Waals surface area contributed by atoms with Crippen LogP contribution in [0.1, 0.15) is 30.8 Å². The molecule has 28 heavy (non-hydrogen) atoms. The maximum Gasteiger partial charge on any atom is 0.229 e. The number of hydrogen-bond acceptors (Lipinski definition) is 7. The average molecular weight is 387 g/mol. The van der Waals surface area contributed by atoms with Gasteiger partial charge in [0, 0.05) is 18.7 Å². The van der Waals surface area contributed by atoms with Crippen LogP contribution in [-0.2, 0) is 11.2 Å². The van der Waals surface area contributed by atoms with Crippen LogP contribution in [0.15, 0.2) is 30.5 Å². The molecular formula is C19H25N5O4. The molecule has 9 nitrogen and oxygen atoms in total. The lowest BCUT2D eigenvalue weighted by Crippen LogP contribution is -2.40. The van der Waals surface area contributed by atoms with Crippen LogP contribution in [0.25, 0.3) is 0 Å². The molecule has 1 amide bonds. The first-order valence-corrected chi connectivity index (χ1v) is 9.12. The molecule has 0 fully saturated rings. The minimum atomic E-state index is -0.720. The summed E-state index contributed by atoms with van der Waals surface area (Å²) in [5.41, 5.74) is 6.91. The van der Waals surface area contributed by atoms with Crippen molar-refractivity contribution < 1.29 is 19.4 Å². The van der Waals surface area contributed by atoms with Gasteiger partial charge in [0.2, 0.25) is 11.9 Å². The van der Waals surface area contributed by atoms with Gasteiger partial charge in [0.1, 0.15) is 5.92 Å². The Kier molecular flexibility index (Phi) is 5.84. The van der Waals surface area contributed by atoms with E-state index in [0.29, 0.717) is 48.4 Å². The van der Waals surface area contributed by atoms with Gasteiger partial charge in [-0.05, 0) is 31.0 Å². The molecule has 9 heteroatoms. The van der Waals surface area contributed by atoms with Crippen LogP contribution in [0.3, 0.4) is 0 Å². The van der Waals surface area contributed by atoms with Crippen molar-refractivity contribution >= 4 is 11.9 Å². The van der Waals surface area contributed by atoms with Crippen LogP contribution in [-0.4, -0.2) is 46.1 Å². The molecule has 2 aromatic rings. The van der Waals surface area contributed by atoms with Gasteiger partial charge in [-0.1, -0.05) is 12.6 Å².